The third-order valence-corrected chi connectivity index (χ3v) is 2.68. The molecule has 20 heavy (non-hydrogen) atoms. The molecule has 0 saturated heterocycles. The van der Waals surface area contributed by atoms with Crippen LogP contribution in [0.5, 0.6) is 0 Å². The summed E-state index contributed by atoms with van der Waals surface area (Å²) in [6, 6.07) is 0. The van der Waals surface area contributed by atoms with E-state index in [1.54, 1.807) is 0 Å². The van der Waals surface area contributed by atoms with Crippen LogP contribution in [0.25, 0.3) is 0 Å². The van der Waals surface area contributed by atoms with E-state index < -0.39 is 23.6 Å². The number of quaternary nitrogens is 1. The first-order valence-electron chi connectivity index (χ1n) is 6.64. The van der Waals surface area contributed by atoms with Gasteiger partial charge in [-0.25, -0.2) is 4.79 Å². The average molecular weight is 297 g/mol. The Balaban J connectivity index is 4.13. The maximum Gasteiger partial charge on any atom is 0.455 e. The number of aliphatic hydroxyl groups excluding tert-OH is 1. The molecule has 0 aliphatic carbocycles. The van der Waals surface area contributed by atoms with Gasteiger partial charge in [0.1, 0.15) is 0 Å². The zero-order chi connectivity index (χ0) is 15.6. The van der Waals surface area contributed by atoms with Crippen molar-refractivity contribution < 1.29 is 33.1 Å². The zero-order valence-corrected chi connectivity index (χ0v) is 11.6. The van der Waals surface area contributed by atoms with Gasteiger partial charge in [-0.3, -0.25) is 0 Å². The lowest BCUT2D eigenvalue weighted by atomic mass is 10.1. The highest BCUT2D eigenvalue weighted by Crippen LogP contribution is 2.24. The van der Waals surface area contributed by atoms with Crippen molar-refractivity contribution >= 4 is 5.97 Å². The Hall–Kier alpha value is -1.24. The molecule has 0 amide bonds. The van der Waals surface area contributed by atoms with Crippen molar-refractivity contribution in [2.45, 2.75) is 51.6 Å². The van der Waals surface area contributed by atoms with Crippen LogP contribution in [0.1, 0.15) is 45.4 Å². The van der Waals surface area contributed by atoms with E-state index in [-0.39, 0.29) is 6.61 Å². The SMILES string of the molecule is [CH2-][NH2+]/C(C(=O)OCCCCCCCC)=C(/O)C(F)(F)F. The van der Waals surface area contributed by atoms with Crippen molar-refractivity contribution in [1.82, 2.24) is 0 Å². The summed E-state index contributed by atoms with van der Waals surface area (Å²) in [5, 5.41) is 9.54. The molecule has 0 atom stereocenters. The number of hydrogen-bond donors (Lipinski definition) is 2. The summed E-state index contributed by atoms with van der Waals surface area (Å²) in [6.07, 6.45) is 0.823. The second kappa shape index (κ2) is 9.63. The van der Waals surface area contributed by atoms with Gasteiger partial charge in [-0.2, -0.15) is 13.2 Å². The maximum absolute atomic E-state index is 12.2. The Labute approximate surface area is 117 Å². The zero-order valence-electron chi connectivity index (χ0n) is 11.6. The van der Waals surface area contributed by atoms with Crippen molar-refractivity contribution in [2.24, 2.45) is 0 Å². The molecule has 0 rings (SSSR count). The Morgan fingerprint density at radius 2 is 1.75 bits per heavy atom. The van der Waals surface area contributed by atoms with Crippen molar-refractivity contribution in [1.29, 1.82) is 0 Å². The number of halogens is 3. The number of unbranched alkanes of at least 4 members (excludes halogenated alkanes) is 5. The normalized spacial score (nSPS) is 13.1. The molecular weight excluding hydrogens is 275 g/mol. The minimum Gasteiger partial charge on any atom is -0.500 e. The summed E-state index contributed by atoms with van der Waals surface area (Å²) in [5.74, 6) is -3.18. The lowest BCUT2D eigenvalue weighted by Crippen LogP contribution is -2.77. The largest absolute Gasteiger partial charge is 0.500 e. The van der Waals surface area contributed by atoms with E-state index >= 15 is 0 Å². The van der Waals surface area contributed by atoms with Gasteiger partial charge in [0.2, 0.25) is 5.70 Å². The van der Waals surface area contributed by atoms with Crippen molar-refractivity contribution in [3.63, 3.8) is 0 Å². The van der Waals surface area contributed by atoms with Crippen LogP contribution in [0.3, 0.4) is 0 Å². The highest BCUT2D eigenvalue weighted by molar-refractivity contribution is 5.86. The highest BCUT2D eigenvalue weighted by Gasteiger charge is 2.40. The van der Waals surface area contributed by atoms with E-state index in [1.165, 1.54) is 0 Å². The highest BCUT2D eigenvalue weighted by atomic mass is 19.4. The molecule has 0 aliphatic rings. The quantitative estimate of drug-likeness (QED) is 0.226. The van der Waals surface area contributed by atoms with Gasteiger partial charge < -0.3 is 15.2 Å². The van der Waals surface area contributed by atoms with Crippen molar-refractivity contribution in [3.8, 4) is 0 Å². The van der Waals surface area contributed by atoms with Gasteiger partial charge in [0, 0.05) is 0 Å². The molecule has 0 aromatic rings. The van der Waals surface area contributed by atoms with Crippen LogP contribution >= 0.6 is 0 Å². The molecule has 0 fully saturated rings. The predicted octanol–water partition coefficient (Wildman–Crippen LogP) is 2.58. The molecule has 4 nitrogen and oxygen atoms in total. The lowest BCUT2D eigenvalue weighted by molar-refractivity contribution is -0.541. The summed E-state index contributed by atoms with van der Waals surface area (Å²) in [4.78, 5) is 11.4. The first kappa shape index (κ1) is 18.8. The van der Waals surface area contributed by atoms with Crippen LogP contribution in [0.4, 0.5) is 13.2 Å². The van der Waals surface area contributed by atoms with Gasteiger partial charge in [0.25, 0.3) is 5.76 Å². The van der Waals surface area contributed by atoms with Crippen molar-refractivity contribution in [3.05, 3.63) is 18.5 Å². The molecule has 0 aromatic carbocycles. The van der Waals surface area contributed by atoms with Crippen LogP contribution in [0, 0.1) is 7.05 Å². The van der Waals surface area contributed by atoms with Gasteiger partial charge >= 0.3 is 12.1 Å². The summed E-state index contributed by atoms with van der Waals surface area (Å²) < 4.78 is 41.4. The number of allylic oxidation sites excluding steroid dienone is 1. The molecule has 0 saturated carbocycles. The van der Waals surface area contributed by atoms with E-state index in [2.05, 4.69) is 18.7 Å². The monoisotopic (exact) mass is 297 g/mol. The van der Waals surface area contributed by atoms with Gasteiger partial charge in [-0.1, -0.05) is 39.0 Å². The first-order chi connectivity index (χ1) is 9.34. The smallest absolute Gasteiger partial charge is 0.455 e. The molecule has 0 bridgehead atoms. The number of nitrogens with two attached hydrogens (primary N) is 1. The third kappa shape index (κ3) is 7.37. The molecule has 0 radical (unpaired) electrons. The van der Waals surface area contributed by atoms with Gasteiger partial charge in [0.15, 0.2) is 0 Å². The third-order valence-electron chi connectivity index (χ3n) is 2.68. The number of carbonyl (C=O) groups excluding carboxylic acids is 1. The molecule has 118 valence electrons. The molecule has 7 heteroatoms. The van der Waals surface area contributed by atoms with E-state index in [1.807, 2.05) is 0 Å². The summed E-state index contributed by atoms with van der Waals surface area (Å²) >= 11 is 0. The number of carbonyl (C=O) groups is 1. The molecule has 0 heterocycles. The lowest BCUT2D eigenvalue weighted by Gasteiger charge is -2.11. The topological polar surface area (TPSA) is 63.1 Å². The van der Waals surface area contributed by atoms with Crippen molar-refractivity contribution in [2.75, 3.05) is 6.61 Å². The summed E-state index contributed by atoms with van der Waals surface area (Å²) in [6.45, 7) is 2.13. The number of ether oxygens (including phenoxy) is 1. The summed E-state index contributed by atoms with van der Waals surface area (Å²) in [5.41, 5.74) is -0.955. The first-order valence-corrected chi connectivity index (χ1v) is 6.64. The second-order valence-corrected chi connectivity index (χ2v) is 4.37. The van der Waals surface area contributed by atoms with E-state index in [4.69, 9.17) is 5.11 Å². The van der Waals surface area contributed by atoms with Gasteiger partial charge in [0.05, 0.1) is 6.61 Å². The molecular formula is C13H22F3NO3. The van der Waals surface area contributed by atoms with Gasteiger partial charge in [-0.15, -0.1) is 7.05 Å². The van der Waals surface area contributed by atoms with E-state index in [0.29, 0.717) is 11.7 Å². The maximum atomic E-state index is 12.2. The molecule has 0 aliphatic heterocycles. The summed E-state index contributed by atoms with van der Waals surface area (Å²) in [7, 11) is 3.08. The Morgan fingerprint density at radius 1 is 1.20 bits per heavy atom. The number of alkyl halides is 3. The second-order valence-electron chi connectivity index (χ2n) is 4.37. The Morgan fingerprint density at radius 3 is 2.25 bits per heavy atom. The number of hydrogen-bond acceptors (Lipinski definition) is 3. The van der Waals surface area contributed by atoms with Crippen LogP contribution in [-0.2, 0) is 9.53 Å². The molecule has 0 aromatic heterocycles. The standard InChI is InChI=1S/C13H22F3NO3/c1-3-4-5-6-7-8-9-20-12(19)10(17-2)11(18)13(14,15)16/h18H,2-9,17H2,1H3/b11-10+. The van der Waals surface area contributed by atoms with Crippen LogP contribution in [0.2, 0.25) is 0 Å². The number of esters is 1. The minimum absolute atomic E-state index is 0.0352. The van der Waals surface area contributed by atoms with E-state index in [0.717, 1.165) is 32.1 Å². The number of rotatable bonds is 9. The fourth-order valence-electron chi connectivity index (χ4n) is 1.55. The minimum atomic E-state index is -4.98. The molecule has 0 unspecified atom stereocenters. The van der Waals surface area contributed by atoms with Gasteiger partial charge in [-0.05, 0) is 6.42 Å². The van der Waals surface area contributed by atoms with Crippen LogP contribution < -0.4 is 5.32 Å². The molecule has 0 spiro atoms. The van der Waals surface area contributed by atoms with E-state index in [9.17, 15) is 18.0 Å². The Bertz CT molecular complexity index is 327. The fraction of sp³-hybridized carbons (Fsp3) is 0.692. The average Bonchev–Trinajstić information content (AvgIpc) is 2.37. The number of aliphatic hydroxyl groups is 1. The van der Waals surface area contributed by atoms with Crippen LogP contribution in [0.15, 0.2) is 11.5 Å². The Kier molecular flexibility index (Phi) is 9.03. The van der Waals surface area contributed by atoms with Crippen LogP contribution in [-0.4, -0.2) is 23.9 Å². The fourth-order valence-corrected chi connectivity index (χ4v) is 1.55. The predicted molar refractivity (Wildman–Crippen MR) is 67.3 cm³/mol. The molecule has 3 N–H and O–H groups in total.